The molecule has 0 radical (unpaired) electrons. The van der Waals surface area contributed by atoms with Crippen LogP contribution in [0.3, 0.4) is 0 Å². The van der Waals surface area contributed by atoms with Gasteiger partial charge in [-0.1, -0.05) is 44.7 Å². The first kappa shape index (κ1) is 22.8. The number of benzene rings is 1. The van der Waals surface area contributed by atoms with Gasteiger partial charge in [-0.3, -0.25) is 24.2 Å². The third kappa shape index (κ3) is 4.53. The fraction of sp³-hybridized carbons (Fsp3) is 0.640. The van der Waals surface area contributed by atoms with Gasteiger partial charge in [-0.15, -0.1) is 0 Å². The van der Waals surface area contributed by atoms with Crippen LogP contribution in [0.5, 0.6) is 0 Å². The summed E-state index contributed by atoms with van der Waals surface area (Å²) in [5.41, 5.74) is 0.754. The lowest BCUT2D eigenvalue weighted by molar-refractivity contribution is -0.129. The van der Waals surface area contributed by atoms with E-state index < -0.39 is 5.54 Å². The SMILES string of the molecule is CCCCCNC(=O)C1CCN(CC(=O)N2c3ccccc3NC(=O)C23CCCC3)CC1. The molecule has 32 heavy (non-hydrogen) atoms. The minimum Gasteiger partial charge on any atom is -0.356 e. The number of carbonyl (C=O) groups is 3. The number of para-hydroxylation sites is 2. The smallest absolute Gasteiger partial charge is 0.250 e. The van der Waals surface area contributed by atoms with Gasteiger partial charge < -0.3 is 10.6 Å². The molecule has 3 amide bonds. The molecule has 1 saturated heterocycles. The fourth-order valence-corrected chi connectivity index (χ4v) is 5.47. The van der Waals surface area contributed by atoms with Gasteiger partial charge in [0.1, 0.15) is 5.54 Å². The highest BCUT2D eigenvalue weighted by atomic mass is 16.2. The van der Waals surface area contributed by atoms with Crippen LogP contribution < -0.4 is 15.5 Å². The fourth-order valence-electron chi connectivity index (χ4n) is 5.47. The van der Waals surface area contributed by atoms with Gasteiger partial charge >= 0.3 is 0 Å². The predicted molar refractivity (Wildman–Crippen MR) is 125 cm³/mol. The highest BCUT2D eigenvalue weighted by Gasteiger charge is 2.52. The lowest BCUT2D eigenvalue weighted by Crippen LogP contribution is -2.62. The van der Waals surface area contributed by atoms with Crippen LogP contribution in [0.1, 0.15) is 64.7 Å². The van der Waals surface area contributed by atoms with Crippen LogP contribution in [0, 0.1) is 5.92 Å². The molecule has 7 nitrogen and oxygen atoms in total. The first-order valence-corrected chi connectivity index (χ1v) is 12.3. The lowest BCUT2D eigenvalue weighted by atomic mass is 9.89. The minimum atomic E-state index is -0.762. The molecular formula is C25H36N4O3. The molecule has 2 aliphatic heterocycles. The molecule has 1 aromatic carbocycles. The molecule has 0 bridgehead atoms. The average molecular weight is 441 g/mol. The number of rotatable bonds is 7. The maximum Gasteiger partial charge on any atom is 0.250 e. The number of anilines is 2. The maximum absolute atomic E-state index is 13.6. The summed E-state index contributed by atoms with van der Waals surface area (Å²) < 4.78 is 0. The predicted octanol–water partition coefficient (Wildman–Crippen LogP) is 3.30. The molecule has 4 rings (SSSR count). The average Bonchev–Trinajstić information content (AvgIpc) is 3.28. The zero-order valence-electron chi connectivity index (χ0n) is 19.2. The van der Waals surface area contributed by atoms with Crippen LogP contribution in [0.25, 0.3) is 0 Å². The summed E-state index contributed by atoms with van der Waals surface area (Å²) in [7, 11) is 0. The topological polar surface area (TPSA) is 81.8 Å². The van der Waals surface area contributed by atoms with Gasteiger partial charge in [-0.2, -0.15) is 0 Å². The molecule has 1 aromatic rings. The molecule has 0 aromatic heterocycles. The van der Waals surface area contributed by atoms with Crippen molar-refractivity contribution < 1.29 is 14.4 Å². The van der Waals surface area contributed by atoms with Crippen LogP contribution >= 0.6 is 0 Å². The molecule has 2 N–H and O–H groups in total. The lowest BCUT2D eigenvalue weighted by Gasteiger charge is -2.45. The molecular weight excluding hydrogens is 404 g/mol. The van der Waals surface area contributed by atoms with Crippen molar-refractivity contribution in [3.05, 3.63) is 24.3 Å². The maximum atomic E-state index is 13.6. The van der Waals surface area contributed by atoms with E-state index in [4.69, 9.17) is 0 Å². The van der Waals surface area contributed by atoms with E-state index in [0.29, 0.717) is 18.5 Å². The van der Waals surface area contributed by atoms with Crippen molar-refractivity contribution in [1.82, 2.24) is 10.2 Å². The Labute approximate surface area is 190 Å². The van der Waals surface area contributed by atoms with Crippen LogP contribution in [-0.4, -0.2) is 54.3 Å². The first-order chi connectivity index (χ1) is 15.5. The summed E-state index contributed by atoms with van der Waals surface area (Å²) >= 11 is 0. The molecule has 0 atom stereocenters. The second-order valence-electron chi connectivity index (χ2n) is 9.49. The molecule has 1 saturated carbocycles. The van der Waals surface area contributed by atoms with Crippen LogP contribution in [0.15, 0.2) is 24.3 Å². The Balaban J connectivity index is 1.38. The molecule has 0 unspecified atom stereocenters. The van der Waals surface area contributed by atoms with Gasteiger partial charge in [0.2, 0.25) is 11.8 Å². The van der Waals surface area contributed by atoms with Crippen molar-refractivity contribution >= 4 is 29.1 Å². The number of carbonyl (C=O) groups excluding carboxylic acids is 3. The standard InChI is InChI=1S/C25H36N4O3/c1-2-3-8-15-26-23(31)19-11-16-28(17-12-19)18-22(30)29-21-10-5-4-9-20(21)27-24(32)25(29)13-6-7-14-25/h4-5,9-10,19H,2-3,6-8,11-18H2,1H3,(H,26,31)(H,27,32). The highest BCUT2D eigenvalue weighted by Crippen LogP contribution is 2.45. The van der Waals surface area contributed by atoms with E-state index in [9.17, 15) is 14.4 Å². The molecule has 1 spiro atoms. The normalized spacial score (nSPS) is 20.8. The number of nitrogens with one attached hydrogen (secondary N) is 2. The van der Waals surface area contributed by atoms with E-state index in [1.165, 1.54) is 0 Å². The van der Waals surface area contributed by atoms with Gasteiger partial charge in [0, 0.05) is 12.5 Å². The highest BCUT2D eigenvalue weighted by molar-refractivity contribution is 6.15. The summed E-state index contributed by atoms with van der Waals surface area (Å²) in [6.07, 6.45) is 8.19. The van der Waals surface area contributed by atoms with Crippen LogP contribution in [-0.2, 0) is 14.4 Å². The molecule has 7 heteroatoms. The van der Waals surface area contributed by atoms with E-state index in [0.717, 1.165) is 70.3 Å². The number of hydrogen-bond donors (Lipinski definition) is 2. The van der Waals surface area contributed by atoms with Crippen LogP contribution in [0.2, 0.25) is 0 Å². The second kappa shape index (κ2) is 10.0. The first-order valence-electron chi connectivity index (χ1n) is 12.3. The van der Waals surface area contributed by atoms with E-state index in [1.807, 2.05) is 24.3 Å². The van der Waals surface area contributed by atoms with Crippen LogP contribution in [0.4, 0.5) is 11.4 Å². The zero-order valence-corrected chi connectivity index (χ0v) is 19.2. The Kier molecular flexibility index (Phi) is 7.13. The summed E-state index contributed by atoms with van der Waals surface area (Å²) in [5, 5.41) is 6.10. The molecule has 2 heterocycles. The summed E-state index contributed by atoms with van der Waals surface area (Å²) in [6.45, 7) is 4.65. The zero-order chi connectivity index (χ0) is 22.6. The Morgan fingerprint density at radius 3 is 2.56 bits per heavy atom. The Hall–Kier alpha value is -2.41. The number of likely N-dealkylation sites (tertiary alicyclic amines) is 1. The number of hydrogen-bond acceptors (Lipinski definition) is 4. The summed E-state index contributed by atoms with van der Waals surface area (Å²) in [5.74, 6) is 0.112. The third-order valence-electron chi connectivity index (χ3n) is 7.32. The number of nitrogens with zero attached hydrogens (tertiary/aromatic N) is 2. The number of piperidine rings is 1. The second-order valence-corrected chi connectivity index (χ2v) is 9.49. The number of amides is 3. The van der Waals surface area contributed by atoms with Crippen molar-refractivity contribution in [3.63, 3.8) is 0 Å². The molecule has 174 valence electrons. The molecule has 3 aliphatic rings. The van der Waals surface area contributed by atoms with E-state index in [1.54, 1.807) is 4.90 Å². The van der Waals surface area contributed by atoms with Crippen molar-refractivity contribution in [3.8, 4) is 0 Å². The van der Waals surface area contributed by atoms with Crippen molar-refractivity contribution in [1.29, 1.82) is 0 Å². The van der Waals surface area contributed by atoms with Crippen molar-refractivity contribution in [2.75, 3.05) is 36.4 Å². The van der Waals surface area contributed by atoms with Gasteiger partial charge in [0.25, 0.3) is 5.91 Å². The van der Waals surface area contributed by atoms with Gasteiger partial charge in [-0.05, 0) is 57.3 Å². The quantitative estimate of drug-likeness (QED) is 0.638. The van der Waals surface area contributed by atoms with Crippen molar-refractivity contribution in [2.45, 2.75) is 70.3 Å². The summed E-state index contributed by atoms with van der Waals surface area (Å²) in [6, 6.07) is 7.60. The minimum absolute atomic E-state index is 0.0170. The van der Waals surface area contributed by atoms with Gasteiger partial charge in [0.05, 0.1) is 17.9 Å². The van der Waals surface area contributed by atoms with Gasteiger partial charge in [0.15, 0.2) is 0 Å². The number of unbranched alkanes of at least 4 members (excludes halogenated alkanes) is 2. The Morgan fingerprint density at radius 1 is 1.12 bits per heavy atom. The Morgan fingerprint density at radius 2 is 1.84 bits per heavy atom. The van der Waals surface area contributed by atoms with Gasteiger partial charge in [-0.25, -0.2) is 0 Å². The molecule has 2 fully saturated rings. The molecule has 1 aliphatic carbocycles. The third-order valence-corrected chi connectivity index (χ3v) is 7.32. The monoisotopic (exact) mass is 440 g/mol. The van der Waals surface area contributed by atoms with Crippen molar-refractivity contribution in [2.24, 2.45) is 5.92 Å². The largest absolute Gasteiger partial charge is 0.356 e. The number of fused-ring (bicyclic) bond motifs is 1. The van der Waals surface area contributed by atoms with E-state index in [2.05, 4.69) is 22.5 Å². The van der Waals surface area contributed by atoms with E-state index in [-0.39, 0.29) is 30.2 Å². The van der Waals surface area contributed by atoms with E-state index >= 15 is 0 Å². The summed E-state index contributed by atoms with van der Waals surface area (Å²) in [4.78, 5) is 43.0. The Bertz CT molecular complexity index is 841.